The van der Waals surface area contributed by atoms with Crippen molar-refractivity contribution in [3.05, 3.63) is 0 Å². The Morgan fingerprint density at radius 2 is 1.71 bits per heavy atom. The summed E-state index contributed by atoms with van der Waals surface area (Å²) in [5.41, 5.74) is 0.557. The van der Waals surface area contributed by atoms with E-state index in [1.807, 2.05) is 0 Å². The van der Waals surface area contributed by atoms with Crippen molar-refractivity contribution in [3.63, 3.8) is 0 Å². The molecule has 0 aromatic heterocycles. The van der Waals surface area contributed by atoms with Gasteiger partial charge in [0.05, 0.1) is 5.60 Å². The first-order valence-corrected chi connectivity index (χ1v) is 9.91. The van der Waals surface area contributed by atoms with Crippen LogP contribution in [0.5, 0.6) is 0 Å². The molecular weight excluding hydrogens is 298 g/mol. The highest BCUT2D eigenvalue weighted by atomic mass is 16.5. The summed E-state index contributed by atoms with van der Waals surface area (Å²) < 4.78 is 5.75. The van der Waals surface area contributed by atoms with Gasteiger partial charge in [-0.15, -0.1) is 0 Å². The molecule has 0 spiro atoms. The summed E-state index contributed by atoms with van der Waals surface area (Å²) in [5, 5.41) is 3.36. The summed E-state index contributed by atoms with van der Waals surface area (Å²) in [6, 6.07) is 0.359. The number of carbonyl (C=O) groups excluding carboxylic acids is 1. The maximum absolute atomic E-state index is 12.7. The van der Waals surface area contributed by atoms with Gasteiger partial charge in [0.1, 0.15) is 0 Å². The van der Waals surface area contributed by atoms with Gasteiger partial charge in [-0.25, -0.2) is 0 Å². The average molecular weight is 338 g/mol. The van der Waals surface area contributed by atoms with E-state index in [0.29, 0.717) is 29.4 Å². The smallest absolute Gasteiger partial charge is 0.223 e. The van der Waals surface area contributed by atoms with Gasteiger partial charge >= 0.3 is 0 Å². The van der Waals surface area contributed by atoms with E-state index in [4.69, 9.17) is 4.74 Å². The largest absolute Gasteiger partial charge is 0.376 e. The third-order valence-electron chi connectivity index (χ3n) is 6.89. The summed E-state index contributed by atoms with van der Waals surface area (Å²) in [7, 11) is 0. The van der Waals surface area contributed by atoms with Gasteiger partial charge in [0.25, 0.3) is 0 Å². The monoisotopic (exact) mass is 337 g/mol. The molecule has 1 unspecified atom stereocenters. The van der Waals surface area contributed by atoms with Crippen LogP contribution >= 0.6 is 0 Å². The quantitative estimate of drug-likeness (QED) is 0.792. The molecule has 1 atom stereocenters. The fourth-order valence-corrected chi connectivity index (χ4v) is 5.25. The Bertz CT molecular complexity index is 439. The third kappa shape index (κ3) is 4.15. The van der Waals surface area contributed by atoms with E-state index in [2.05, 4.69) is 53.8 Å². The van der Waals surface area contributed by atoms with Gasteiger partial charge < -0.3 is 10.1 Å². The second-order valence-electron chi connectivity index (χ2n) is 10.1. The number of hydrogen-bond acceptors (Lipinski definition) is 2. The Hall–Kier alpha value is -0.570. The Kier molecular flexibility index (Phi) is 5.74. The lowest BCUT2D eigenvalue weighted by molar-refractivity contribution is -0.136. The van der Waals surface area contributed by atoms with Crippen LogP contribution in [0.3, 0.4) is 0 Å². The molecule has 3 heteroatoms. The molecule has 0 bridgehead atoms. The van der Waals surface area contributed by atoms with Crippen molar-refractivity contribution >= 4 is 5.91 Å². The Morgan fingerprint density at radius 1 is 1.12 bits per heavy atom. The molecule has 140 valence electrons. The minimum Gasteiger partial charge on any atom is -0.376 e. The summed E-state index contributed by atoms with van der Waals surface area (Å²) in [6.45, 7) is 16.8. The van der Waals surface area contributed by atoms with Crippen LogP contribution in [0.15, 0.2) is 0 Å². The van der Waals surface area contributed by atoms with E-state index < -0.39 is 0 Å². The maximum atomic E-state index is 12.7. The summed E-state index contributed by atoms with van der Waals surface area (Å²) >= 11 is 0. The number of hydrogen-bond donors (Lipinski definition) is 1. The van der Waals surface area contributed by atoms with Gasteiger partial charge in [-0.3, -0.25) is 4.79 Å². The fraction of sp³-hybridized carbons (Fsp3) is 0.952. The molecule has 0 radical (unpaired) electrons. The fourth-order valence-electron chi connectivity index (χ4n) is 5.25. The first-order valence-electron chi connectivity index (χ1n) is 9.91. The lowest BCUT2D eigenvalue weighted by atomic mass is 9.54. The van der Waals surface area contributed by atoms with Crippen LogP contribution in [0.1, 0.15) is 87.0 Å². The van der Waals surface area contributed by atoms with Crippen molar-refractivity contribution < 1.29 is 9.53 Å². The summed E-state index contributed by atoms with van der Waals surface area (Å²) in [4.78, 5) is 12.7. The van der Waals surface area contributed by atoms with Crippen molar-refractivity contribution in [2.75, 3.05) is 6.61 Å². The van der Waals surface area contributed by atoms with Gasteiger partial charge in [0.2, 0.25) is 5.91 Å². The van der Waals surface area contributed by atoms with Gasteiger partial charge in [-0.2, -0.15) is 0 Å². The van der Waals surface area contributed by atoms with Crippen LogP contribution in [0.4, 0.5) is 0 Å². The molecule has 2 aliphatic rings. The van der Waals surface area contributed by atoms with Gasteiger partial charge in [-0.1, -0.05) is 34.6 Å². The molecule has 0 aromatic carbocycles. The van der Waals surface area contributed by atoms with Crippen molar-refractivity contribution in [1.29, 1.82) is 0 Å². The minimum atomic E-state index is -0.161. The number of rotatable bonds is 3. The topological polar surface area (TPSA) is 38.3 Å². The standard InChI is InChI=1S/C21H39NO2/c1-15(2)21(19(3,4)5)11-8-17(9-12-21)22-18(23)16-10-13-24-20(6,7)14-16/h15-17H,8-14H2,1-7H3,(H,22,23). The zero-order chi connectivity index (χ0) is 18.2. The first-order chi connectivity index (χ1) is 11.0. The van der Waals surface area contributed by atoms with Crippen molar-refractivity contribution in [1.82, 2.24) is 5.32 Å². The number of amides is 1. The van der Waals surface area contributed by atoms with Crippen LogP contribution in [-0.2, 0) is 9.53 Å². The molecule has 1 saturated carbocycles. The van der Waals surface area contributed by atoms with E-state index in [-0.39, 0.29) is 17.4 Å². The molecule has 24 heavy (non-hydrogen) atoms. The summed E-state index contributed by atoms with van der Waals surface area (Å²) in [5.74, 6) is 1.06. The van der Waals surface area contributed by atoms with Gasteiger partial charge in [0.15, 0.2) is 0 Å². The van der Waals surface area contributed by atoms with Crippen LogP contribution in [0.2, 0.25) is 0 Å². The molecule has 1 aliphatic carbocycles. The average Bonchev–Trinajstić information content (AvgIpc) is 2.45. The van der Waals surface area contributed by atoms with Crippen LogP contribution < -0.4 is 5.32 Å². The first kappa shape index (κ1) is 19.8. The Labute approximate surface area is 149 Å². The van der Waals surface area contributed by atoms with E-state index in [9.17, 15) is 4.79 Å². The van der Waals surface area contributed by atoms with Crippen LogP contribution in [0.25, 0.3) is 0 Å². The molecule has 1 aliphatic heterocycles. The molecule has 1 N–H and O–H groups in total. The van der Waals surface area contributed by atoms with E-state index >= 15 is 0 Å². The van der Waals surface area contributed by atoms with Crippen molar-refractivity contribution in [3.8, 4) is 0 Å². The lowest BCUT2D eigenvalue weighted by Crippen LogP contribution is -2.49. The number of ether oxygens (including phenoxy) is 1. The third-order valence-corrected chi connectivity index (χ3v) is 6.89. The summed E-state index contributed by atoms with van der Waals surface area (Å²) in [6.07, 6.45) is 6.38. The second-order valence-corrected chi connectivity index (χ2v) is 10.1. The van der Waals surface area contributed by atoms with Gasteiger partial charge in [-0.05, 0) is 69.1 Å². The molecule has 2 rings (SSSR count). The molecule has 1 heterocycles. The number of nitrogens with one attached hydrogen (secondary N) is 1. The zero-order valence-electron chi connectivity index (χ0n) is 17.0. The van der Waals surface area contributed by atoms with Crippen LogP contribution in [-0.4, -0.2) is 24.2 Å². The van der Waals surface area contributed by atoms with Crippen molar-refractivity contribution in [2.45, 2.75) is 98.6 Å². The SMILES string of the molecule is CC(C)C1(C(C)(C)C)CCC(NC(=O)C2CCOC(C)(C)C2)CC1. The molecule has 0 aromatic rings. The Balaban J connectivity index is 1.92. The highest BCUT2D eigenvalue weighted by Crippen LogP contribution is 2.54. The minimum absolute atomic E-state index is 0.119. The molecular formula is C21H39NO2. The van der Waals surface area contributed by atoms with Gasteiger partial charge in [0, 0.05) is 18.6 Å². The zero-order valence-corrected chi connectivity index (χ0v) is 17.0. The predicted octanol–water partition coefficient (Wildman–Crippen LogP) is 4.94. The number of carbonyl (C=O) groups is 1. The maximum Gasteiger partial charge on any atom is 0.223 e. The highest BCUT2D eigenvalue weighted by Gasteiger charge is 2.46. The molecule has 1 amide bonds. The molecule has 3 nitrogen and oxygen atoms in total. The van der Waals surface area contributed by atoms with Crippen molar-refractivity contribution in [2.24, 2.45) is 22.7 Å². The predicted molar refractivity (Wildman–Crippen MR) is 99.9 cm³/mol. The molecule has 2 fully saturated rings. The van der Waals surface area contributed by atoms with E-state index in [1.54, 1.807) is 0 Å². The van der Waals surface area contributed by atoms with E-state index in [1.165, 1.54) is 12.8 Å². The highest BCUT2D eigenvalue weighted by molar-refractivity contribution is 5.79. The van der Waals surface area contributed by atoms with Crippen LogP contribution in [0, 0.1) is 22.7 Å². The normalized spacial score (nSPS) is 34.2. The molecule has 1 saturated heterocycles. The lowest BCUT2D eigenvalue weighted by Gasteiger charge is -2.52. The van der Waals surface area contributed by atoms with E-state index in [0.717, 1.165) is 25.7 Å². The second kappa shape index (κ2) is 6.97. The Morgan fingerprint density at radius 3 is 2.17 bits per heavy atom.